The van der Waals surface area contributed by atoms with Crippen LogP contribution in [-0.2, 0) is 0 Å². The van der Waals surface area contributed by atoms with Crippen molar-refractivity contribution in [2.75, 3.05) is 10.6 Å². The number of thiocarbonyl (C=S) groups is 1. The number of hydrogen-bond acceptors (Lipinski definition) is 2. The van der Waals surface area contributed by atoms with Gasteiger partial charge in [-0.2, -0.15) is 5.26 Å². The Labute approximate surface area is 119 Å². The van der Waals surface area contributed by atoms with E-state index in [1.807, 2.05) is 6.07 Å². The molecular formula is C14H9F2N3S. The quantitative estimate of drug-likeness (QED) is 0.829. The fourth-order valence-electron chi connectivity index (χ4n) is 1.59. The van der Waals surface area contributed by atoms with Crippen molar-refractivity contribution >= 4 is 28.7 Å². The molecule has 3 nitrogen and oxygen atoms in total. The molecule has 20 heavy (non-hydrogen) atoms. The second-order valence-electron chi connectivity index (χ2n) is 3.93. The van der Waals surface area contributed by atoms with Crippen LogP contribution in [0.25, 0.3) is 0 Å². The number of benzene rings is 2. The van der Waals surface area contributed by atoms with Crippen molar-refractivity contribution in [3.8, 4) is 6.07 Å². The third-order valence-corrected chi connectivity index (χ3v) is 2.57. The molecule has 0 fully saturated rings. The highest BCUT2D eigenvalue weighted by Crippen LogP contribution is 2.14. The largest absolute Gasteiger partial charge is 0.332 e. The number of nitriles is 1. The van der Waals surface area contributed by atoms with E-state index in [-0.39, 0.29) is 10.8 Å². The molecule has 0 aliphatic carbocycles. The van der Waals surface area contributed by atoms with Crippen molar-refractivity contribution in [3.05, 3.63) is 59.7 Å². The molecule has 100 valence electrons. The maximum Gasteiger partial charge on any atom is 0.175 e. The van der Waals surface area contributed by atoms with Crippen molar-refractivity contribution < 1.29 is 8.78 Å². The molecule has 0 heterocycles. The second-order valence-corrected chi connectivity index (χ2v) is 4.34. The monoisotopic (exact) mass is 289 g/mol. The number of nitrogens with zero attached hydrogens (tertiary/aromatic N) is 1. The topological polar surface area (TPSA) is 47.9 Å². The SMILES string of the molecule is N#Cc1cccc(NC(=S)Nc2cc(F)cc(F)c2)c1. The summed E-state index contributed by atoms with van der Waals surface area (Å²) >= 11 is 5.03. The van der Waals surface area contributed by atoms with Gasteiger partial charge in [-0.3, -0.25) is 0 Å². The van der Waals surface area contributed by atoms with Gasteiger partial charge in [0.15, 0.2) is 5.11 Å². The van der Waals surface area contributed by atoms with Gasteiger partial charge in [0, 0.05) is 17.4 Å². The summed E-state index contributed by atoms with van der Waals surface area (Å²) in [4.78, 5) is 0. The minimum atomic E-state index is -0.693. The normalized spacial score (nSPS) is 9.65. The van der Waals surface area contributed by atoms with Crippen LogP contribution in [0.15, 0.2) is 42.5 Å². The van der Waals surface area contributed by atoms with E-state index < -0.39 is 11.6 Å². The summed E-state index contributed by atoms with van der Waals surface area (Å²) in [6.45, 7) is 0. The van der Waals surface area contributed by atoms with Crippen LogP contribution < -0.4 is 10.6 Å². The van der Waals surface area contributed by atoms with Crippen molar-refractivity contribution in [1.82, 2.24) is 0 Å². The average molecular weight is 289 g/mol. The Balaban J connectivity index is 2.07. The minimum absolute atomic E-state index is 0.171. The summed E-state index contributed by atoms with van der Waals surface area (Å²) in [5, 5.41) is 14.4. The van der Waals surface area contributed by atoms with E-state index in [1.165, 1.54) is 0 Å². The first-order valence-corrected chi connectivity index (χ1v) is 6.02. The molecule has 0 aliphatic rings. The predicted molar refractivity (Wildman–Crippen MR) is 77.4 cm³/mol. The Hall–Kier alpha value is -2.52. The highest BCUT2D eigenvalue weighted by atomic mass is 32.1. The molecule has 0 amide bonds. The van der Waals surface area contributed by atoms with Crippen LogP contribution in [0, 0.1) is 23.0 Å². The first-order valence-electron chi connectivity index (χ1n) is 5.61. The van der Waals surface area contributed by atoms with Crippen molar-refractivity contribution in [2.45, 2.75) is 0 Å². The van der Waals surface area contributed by atoms with E-state index in [0.29, 0.717) is 11.3 Å². The van der Waals surface area contributed by atoms with E-state index in [0.717, 1.165) is 18.2 Å². The van der Waals surface area contributed by atoms with Crippen molar-refractivity contribution in [3.63, 3.8) is 0 Å². The third kappa shape index (κ3) is 3.73. The molecular weight excluding hydrogens is 280 g/mol. The molecule has 2 rings (SSSR count). The molecule has 0 radical (unpaired) electrons. The molecule has 0 aromatic heterocycles. The second kappa shape index (κ2) is 6.08. The highest BCUT2D eigenvalue weighted by Gasteiger charge is 2.03. The molecule has 2 aromatic carbocycles. The Morgan fingerprint density at radius 1 is 1.00 bits per heavy atom. The zero-order valence-corrected chi connectivity index (χ0v) is 11.0. The highest BCUT2D eigenvalue weighted by molar-refractivity contribution is 7.80. The van der Waals surface area contributed by atoms with Gasteiger partial charge in [-0.1, -0.05) is 6.07 Å². The van der Waals surface area contributed by atoms with Gasteiger partial charge in [-0.25, -0.2) is 8.78 Å². The van der Waals surface area contributed by atoms with E-state index in [9.17, 15) is 8.78 Å². The first-order chi connectivity index (χ1) is 9.56. The van der Waals surface area contributed by atoms with Gasteiger partial charge < -0.3 is 10.6 Å². The number of nitrogens with one attached hydrogen (secondary N) is 2. The molecule has 2 aromatic rings. The standard InChI is InChI=1S/C14H9F2N3S/c15-10-5-11(16)7-13(6-10)19-14(20)18-12-3-1-2-9(4-12)8-17/h1-7H,(H2,18,19,20). The van der Waals surface area contributed by atoms with E-state index >= 15 is 0 Å². The molecule has 0 spiro atoms. The summed E-state index contributed by atoms with van der Waals surface area (Å²) in [7, 11) is 0. The Morgan fingerprint density at radius 3 is 2.30 bits per heavy atom. The maximum absolute atomic E-state index is 13.0. The minimum Gasteiger partial charge on any atom is -0.332 e. The van der Waals surface area contributed by atoms with Crippen LogP contribution in [0.3, 0.4) is 0 Å². The fraction of sp³-hybridized carbons (Fsp3) is 0. The Bertz CT molecular complexity index is 675. The van der Waals surface area contributed by atoms with Crippen LogP contribution in [0.4, 0.5) is 20.2 Å². The first kappa shape index (κ1) is 13.9. The summed E-state index contributed by atoms with van der Waals surface area (Å²) in [5.74, 6) is -1.39. The molecule has 0 saturated carbocycles. The summed E-state index contributed by atoms with van der Waals surface area (Å²) in [5.41, 5.74) is 1.30. The van der Waals surface area contributed by atoms with Crippen LogP contribution >= 0.6 is 12.2 Å². The lowest BCUT2D eigenvalue weighted by molar-refractivity contribution is 0.584. The molecule has 6 heteroatoms. The predicted octanol–water partition coefficient (Wildman–Crippen LogP) is 3.65. The lowest BCUT2D eigenvalue weighted by Gasteiger charge is -2.10. The van der Waals surface area contributed by atoms with Gasteiger partial charge in [0.05, 0.1) is 11.6 Å². The van der Waals surface area contributed by atoms with Crippen LogP contribution in [-0.4, -0.2) is 5.11 Å². The summed E-state index contributed by atoms with van der Waals surface area (Å²) < 4.78 is 26.0. The third-order valence-electron chi connectivity index (χ3n) is 2.37. The van der Waals surface area contributed by atoms with Gasteiger partial charge >= 0.3 is 0 Å². The Kier molecular flexibility index (Phi) is 4.23. The smallest absolute Gasteiger partial charge is 0.175 e. The number of anilines is 2. The van der Waals surface area contributed by atoms with E-state index in [4.69, 9.17) is 17.5 Å². The van der Waals surface area contributed by atoms with E-state index in [1.54, 1.807) is 24.3 Å². The van der Waals surface area contributed by atoms with E-state index in [2.05, 4.69) is 10.6 Å². The Morgan fingerprint density at radius 2 is 1.65 bits per heavy atom. The fourth-order valence-corrected chi connectivity index (χ4v) is 1.82. The maximum atomic E-state index is 13.0. The molecule has 0 saturated heterocycles. The molecule has 0 atom stereocenters. The summed E-state index contributed by atoms with van der Waals surface area (Å²) in [6, 6.07) is 11.7. The molecule has 0 bridgehead atoms. The van der Waals surface area contributed by atoms with Gasteiger partial charge in [0.1, 0.15) is 11.6 Å². The molecule has 2 N–H and O–H groups in total. The van der Waals surface area contributed by atoms with Crippen molar-refractivity contribution in [1.29, 1.82) is 5.26 Å². The van der Waals surface area contributed by atoms with Gasteiger partial charge in [0.25, 0.3) is 0 Å². The lowest BCUT2D eigenvalue weighted by atomic mass is 10.2. The van der Waals surface area contributed by atoms with Crippen LogP contribution in [0.2, 0.25) is 0 Å². The van der Waals surface area contributed by atoms with Gasteiger partial charge in [-0.15, -0.1) is 0 Å². The zero-order valence-electron chi connectivity index (χ0n) is 10.2. The van der Waals surface area contributed by atoms with Crippen LogP contribution in [0.5, 0.6) is 0 Å². The average Bonchev–Trinajstić information content (AvgIpc) is 2.37. The zero-order chi connectivity index (χ0) is 14.5. The molecule has 0 unspecified atom stereocenters. The van der Waals surface area contributed by atoms with Gasteiger partial charge in [0.2, 0.25) is 0 Å². The van der Waals surface area contributed by atoms with Gasteiger partial charge in [-0.05, 0) is 42.5 Å². The summed E-state index contributed by atoms with van der Waals surface area (Å²) in [6.07, 6.45) is 0. The number of hydrogen-bond donors (Lipinski definition) is 2. The lowest BCUT2D eigenvalue weighted by Crippen LogP contribution is -2.19. The number of rotatable bonds is 2. The molecule has 0 aliphatic heterocycles. The van der Waals surface area contributed by atoms with Crippen LogP contribution in [0.1, 0.15) is 5.56 Å². The number of halogens is 2. The van der Waals surface area contributed by atoms with Crippen molar-refractivity contribution in [2.24, 2.45) is 0 Å².